The van der Waals surface area contributed by atoms with Crippen LogP contribution in [0.15, 0.2) is 29.2 Å². The third kappa shape index (κ3) is 3.99. The predicted octanol–water partition coefficient (Wildman–Crippen LogP) is 1.80. The number of aliphatic carboxylic acids is 1. The first-order valence-corrected chi connectivity index (χ1v) is 10.1. The molecule has 0 spiro atoms. The molecule has 9 heteroatoms. The number of sulfonamides is 1. The number of rotatable bonds is 5. The third-order valence-corrected chi connectivity index (χ3v) is 6.83. The number of anilines is 1. The van der Waals surface area contributed by atoms with Crippen molar-refractivity contribution in [2.45, 2.75) is 36.6 Å². The second-order valence-corrected chi connectivity index (χ2v) is 8.83. The van der Waals surface area contributed by atoms with Gasteiger partial charge in [-0.2, -0.15) is 4.31 Å². The lowest BCUT2D eigenvalue weighted by Gasteiger charge is -2.30. The van der Waals surface area contributed by atoms with E-state index in [2.05, 4.69) is 5.32 Å². The van der Waals surface area contributed by atoms with Crippen LogP contribution in [-0.2, 0) is 14.8 Å². The molecule has 1 unspecified atom stereocenters. The molecular formula is C17H23N3O5S. The van der Waals surface area contributed by atoms with Gasteiger partial charge in [0.05, 0.1) is 10.8 Å². The molecule has 1 aromatic rings. The van der Waals surface area contributed by atoms with Crippen molar-refractivity contribution in [2.75, 3.05) is 25.5 Å². The van der Waals surface area contributed by atoms with Gasteiger partial charge in [-0.25, -0.2) is 13.2 Å². The Labute approximate surface area is 152 Å². The van der Waals surface area contributed by atoms with Crippen molar-refractivity contribution >= 4 is 27.7 Å². The fourth-order valence-corrected chi connectivity index (χ4v) is 4.49. The van der Waals surface area contributed by atoms with Crippen LogP contribution in [-0.4, -0.2) is 60.9 Å². The zero-order valence-electron chi connectivity index (χ0n) is 14.6. The fraction of sp³-hybridized carbons (Fsp3) is 0.529. The number of piperidine rings is 1. The zero-order valence-corrected chi connectivity index (χ0v) is 15.4. The lowest BCUT2D eigenvalue weighted by molar-refractivity contribution is -0.143. The second kappa shape index (κ2) is 7.24. The Morgan fingerprint density at radius 1 is 1.19 bits per heavy atom. The number of nitrogens with zero attached hydrogens (tertiary/aromatic N) is 2. The molecule has 1 heterocycles. The Bertz CT molecular complexity index is 789. The molecule has 8 nitrogen and oxygen atoms in total. The summed E-state index contributed by atoms with van der Waals surface area (Å²) in [6, 6.07) is 5.75. The SMILES string of the molecule is CN(C1CC1)S(=O)(=O)c1ccc(NC(=O)N2CCCC(C(=O)O)C2)cc1. The van der Waals surface area contributed by atoms with Crippen molar-refractivity contribution in [1.82, 2.24) is 9.21 Å². The number of benzene rings is 1. The van der Waals surface area contributed by atoms with Crippen LogP contribution in [0.5, 0.6) is 0 Å². The lowest BCUT2D eigenvalue weighted by atomic mass is 9.99. The maximum absolute atomic E-state index is 12.5. The van der Waals surface area contributed by atoms with Crippen LogP contribution in [0.25, 0.3) is 0 Å². The molecule has 1 saturated carbocycles. The molecule has 1 atom stereocenters. The molecule has 2 aliphatic rings. The van der Waals surface area contributed by atoms with Crippen LogP contribution >= 0.6 is 0 Å². The van der Waals surface area contributed by atoms with Crippen LogP contribution in [0, 0.1) is 5.92 Å². The van der Waals surface area contributed by atoms with Crippen molar-refractivity contribution < 1.29 is 23.1 Å². The van der Waals surface area contributed by atoms with Crippen molar-refractivity contribution in [3.63, 3.8) is 0 Å². The second-order valence-electron chi connectivity index (χ2n) is 6.83. The molecule has 0 bridgehead atoms. The lowest BCUT2D eigenvalue weighted by Crippen LogP contribution is -2.44. The van der Waals surface area contributed by atoms with E-state index in [-0.39, 0.29) is 23.5 Å². The number of nitrogens with one attached hydrogen (secondary N) is 1. The number of hydrogen-bond acceptors (Lipinski definition) is 4. The summed E-state index contributed by atoms with van der Waals surface area (Å²) in [6.45, 7) is 0.689. The highest BCUT2D eigenvalue weighted by molar-refractivity contribution is 7.89. The molecule has 0 radical (unpaired) electrons. The van der Waals surface area contributed by atoms with Gasteiger partial charge < -0.3 is 15.3 Å². The summed E-state index contributed by atoms with van der Waals surface area (Å²) in [5.41, 5.74) is 0.473. The molecule has 2 amide bonds. The Morgan fingerprint density at radius 3 is 2.42 bits per heavy atom. The van der Waals surface area contributed by atoms with Crippen molar-refractivity contribution in [2.24, 2.45) is 5.92 Å². The van der Waals surface area contributed by atoms with Gasteiger partial charge in [-0.05, 0) is 49.9 Å². The number of likely N-dealkylation sites (tertiary alicyclic amines) is 1. The molecule has 2 fully saturated rings. The summed E-state index contributed by atoms with van der Waals surface area (Å²) >= 11 is 0. The van der Waals surface area contributed by atoms with Gasteiger partial charge in [0.1, 0.15) is 0 Å². The molecule has 3 rings (SSSR count). The smallest absolute Gasteiger partial charge is 0.321 e. The van der Waals surface area contributed by atoms with Gasteiger partial charge in [-0.3, -0.25) is 4.79 Å². The average molecular weight is 381 g/mol. The van der Waals surface area contributed by atoms with Gasteiger partial charge in [-0.15, -0.1) is 0 Å². The molecule has 2 N–H and O–H groups in total. The van der Waals surface area contributed by atoms with Gasteiger partial charge in [-0.1, -0.05) is 0 Å². The van der Waals surface area contributed by atoms with Gasteiger partial charge in [0.15, 0.2) is 0 Å². The number of amides is 2. The fourth-order valence-electron chi connectivity index (χ4n) is 3.08. The minimum Gasteiger partial charge on any atom is -0.481 e. The van der Waals surface area contributed by atoms with Crippen molar-refractivity contribution in [3.05, 3.63) is 24.3 Å². The van der Waals surface area contributed by atoms with Crippen molar-refractivity contribution in [1.29, 1.82) is 0 Å². The predicted molar refractivity (Wildman–Crippen MR) is 95.4 cm³/mol. The molecule has 1 aliphatic carbocycles. The van der Waals surface area contributed by atoms with E-state index < -0.39 is 21.9 Å². The largest absolute Gasteiger partial charge is 0.481 e. The number of carboxylic acids is 1. The van der Waals surface area contributed by atoms with Crippen LogP contribution in [0.2, 0.25) is 0 Å². The van der Waals surface area contributed by atoms with E-state index in [0.717, 1.165) is 12.8 Å². The highest BCUT2D eigenvalue weighted by Gasteiger charge is 2.35. The standard InChI is InChI=1S/C17H23N3O5S/c1-19(14-6-7-14)26(24,25)15-8-4-13(5-9-15)18-17(23)20-10-2-3-12(11-20)16(21)22/h4-5,8-9,12,14H,2-3,6-7,10-11H2,1H3,(H,18,23)(H,21,22). The van der Waals surface area contributed by atoms with Gasteiger partial charge in [0.2, 0.25) is 10.0 Å². The van der Waals surface area contributed by atoms with E-state index in [1.807, 2.05) is 0 Å². The van der Waals surface area contributed by atoms with E-state index in [1.165, 1.54) is 21.3 Å². The normalized spacial score (nSPS) is 20.8. The topological polar surface area (TPSA) is 107 Å². The summed E-state index contributed by atoms with van der Waals surface area (Å²) in [5.74, 6) is -1.43. The third-order valence-electron chi connectivity index (χ3n) is 4.90. The summed E-state index contributed by atoms with van der Waals surface area (Å²) in [4.78, 5) is 25.1. The minimum absolute atomic E-state index is 0.0839. The van der Waals surface area contributed by atoms with E-state index in [9.17, 15) is 18.0 Å². The van der Waals surface area contributed by atoms with Crippen LogP contribution in [0.3, 0.4) is 0 Å². The zero-order chi connectivity index (χ0) is 18.9. The first-order chi connectivity index (χ1) is 12.3. The van der Waals surface area contributed by atoms with Gasteiger partial charge in [0.25, 0.3) is 0 Å². The molecule has 1 saturated heterocycles. The number of carboxylic acid groups (broad SMARTS) is 1. The quantitative estimate of drug-likeness (QED) is 0.809. The highest BCUT2D eigenvalue weighted by atomic mass is 32.2. The summed E-state index contributed by atoms with van der Waals surface area (Å²) in [6.07, 6.45) is 2.99. The van der Waals surface area contributed by atoms with Crippen LogP contribution < -0.4 is 5.32 Å². The average Bonchev–Trinajstić information content (AvgIpc) is 3.46. The number of carbonyl (C=O) groups excluding carboxylic acids is 1. The van der Waals surface area contributed by atoms with E-state index in [4.69, 9.17) is 5.11 Å². The maximum Gasteiger partial charge on any atom is 0.321 e. The number of urea groups is 1. The Kier molecular flexibility index (Phi) is 5.19. The minimum atomic E-state index is -3.51. The van der Waals surface area contributed by atoms with Crippen LogP contribution in [0.1, 0.15) is 25.7 Å². The molecular weight excluding hydrogens is 358 g/mol. The molecule has 1 aliphatic heterocycles. The first-order valence-electron chi connectivity index (χ1n) is 8.66. The Morgan fingerprint density at radius 2 is 1.85 bits per heavy atom. The maximum atomic E-state index is 12.5. The molecule has 142 valence electrons. The Balaban J connectivity index is 1.64. The highest BCUT2D eigenvalue weighted by Crippen LogP contribution is 2.30. The molecule has 0 aromatic heterocycles. The van der Waals surface area contributed by atoms with Crippen molar-refractivity contribution in [3.8, 4) is 0 Å². The summed E-state index contributed by atoms with van der Waals surface area (Å²) < 4.78 is 26.3. The van der Waals surface area contributed by atoms with Gasteiger partial charge in [0, 0.05) is 31.9 Å². The monoisotopic (exact) mass is 381 g/mol. The Hall–Kier alpha value is -2.13. The van der Waals surface area contributed by atoms with Gasteiger partial charge >= 0.3 is 12.0 Å². The molecule has 1 aromatic carbocycles. The molecule has 26 heavy (non-hydrogen) atoms. The van der Waals surface area contributed by atoms with E-state index in [1.54, 1.807) is 19.2 Å². The van der Waals surface area contributed by atoms with E-state index >= 15 is 0 Å². The summed E-state index contributed by atoms with van der Waals surface area (Å²) in [7, 11) is -1.93. The summed E-state index contributed by atoms with van der Waals surface area (Å²) in [5, 5.41) is 11.8. The first kappa shape index (κ1) is 18.7. The number of carbonyl (C=O) groups is 2. The number of hydrogen-bond donors (Lipinski definition) is 2. The van der Waals surface area contributed by atoms with E-state index in [0.29, 0.717) is 25.1 Å². The van der Waals surface area contributed by atoms with Crippen LogP contribution in [0.4, 0.5) is 10.5 Å².